The Labute approximate surface area is 275 Å². The Morgan fingerprint density at radius 2 is 0.583 bits per heavy atom. The van der Waals surface area contributed by atoms with Crippen LogP contribution in [-0.4, -0.2) is 29.9 Å². The summed E-state index contributed by atoms with van der Waals surface area (Å²) < 4.78 is 0. The van der Waals surface area contributed by atoms with Crippen molar-refractivity contribution in [2.45, 2.75) is 0 Å². The second-order valence-electron chi connectivity index (χ2n) is 10.7. The molecule has 0 saturated carbocycles. The fourth-order valence-corrected chi connectivity index (χ4v) is 5.11. The zero-order valence-corrected chi connectivity index (χ0v) is 25.1. The van der Waals surface area contributed by atoms with Crippen LogP contribution in [0, 0.1) is 34.0 Å². The summed E-state index contributed by atoms with van der Waals surface area (Å²) in [7, 11) is 0. The van der Waals surface area contributed by atoms with Gasteiger partial charge in [0.2, 0.25) is 0 Å². The van der Waals surface area contributed by atoms with Crippen LogP contribution in [0.2, 0.25) is 0 Å². The van der Waals surface area contributed by atoms with E-state index in [1.165, 1.54) is 0 Å². The zero-order valence-electron chi connectivity index (χ0n) is 25.1. The van der Waals surface area contributed by atoms with Crippen molar-refractivity contribution >= 4 is 0 Å². The van der Waals surface area contributed by atoms with Gasteiger partial charge in [-0.15, -0.1) is 0 Å². The molecule has 9 nitrogen and oxygen atoms in total. The summed E-state index contributed by atoms with van der Waals surface area (Å²) in [5.41, 5.74) is 8.63. The predicted octanol–water partition coefficient (Wildman–Crippen LogP) is 7.67. The highest BCUT2D eigenvalue weighted by Gasteiger charge is 2.14. The van der Waals surface area contributed by atoms with E-state index in [1.807, 2.05) is 72.8 Å². The van der Waals surface area contributed by atoms with Gasteiger partial charge in [-0.2, -0.15) is 15.8 Å². The third-order valence-corrected chi connectivity index (χ3v) is 7.62. The molecule has 0 aliphatic carbocycles. The number of nitriles is 3. The van der Waals surface area contributed by atoms with E-state index in [9.17, 15) is 15.8 Å². The summed E-state index contributed by atoms with van der Waals surface area (Å²) in [6.45, 7) is 0. The van der Waals surface area contributed by atoms with Gasteiger partial charge in [-0.1, -0.05) is 72.8 Å². The Balaban J connectivity index is 1.28. The maximum Gasteiger partial charge on any atom is 0.164 e. The molecule has 0 spiro atoms. The number of aromatic nitrogens is 6. The maximum absolute atomic E-state index is 9.30. The monoisotopic (exact) mass is 615 g/mol. The van der Waals surface area contributed by atoms with Crippen LogP contribution in [0.25, 0.3) is 67.9 Å². The van der Waals surface area contributed by atoms with E-state index in [4.69, 9.17) is 15.0 Å². The fourth-order valence-electron chi connectivity index (χ4n) is 5.11. The summed E-state index contributed by atoms with van der Waals surface area (Å²) >= 11 is 0. The van der Waals surface area contributed by atoms with E-state index >= 15 is 0 Å². The molecule has 0 radical (unpaired) electrons. The fraction of sp³-hybridized carbons (Fsp3) is 0. The van der Waals surface area contributed by atoms with E-state index in [1.54, 1.807) is 55.0 Å². The lowest BCUT2D eigenvalue weighted by molar-refractivity contribution is 1.07. The van der Waals surface area contributed by atoms with Crippen molar-refractivity contribution in [2.75, 3.05) is 0 Å². The van der Waals surface area contributed by atoms with Crippen molar-refractivity contribution in [3.05, 3.63) is 144 Å². The molecule has 0 unspecified atom stereocenters. The smallest absolute Gasteiger partial charge is 0.164 e. The zero-order chi connectivity index (χ0) is 32.9. The van der Waals surface area contributed by atoms with Crippen molar-refractivity contribution < 1.29 is 0 Å². The van der Waals surface area contributed by atoms with Crippen molar-refractivity contribution in [1.29, 1.82) is 15.8 Å². The molecule has 0 aliphatic heterocycles. The molecule has 0 saturated heterocycles. The topological polar surface area (TPSA) is 149 Å². The van der Waals surface area contributed by atoms with E-state index in [0.717, 1.165) is 33.4 Å². The number of rotatable bonds is 6. The molecule has 4 heterocycles. The van der Waals surface area contributed by atoms with E-state index in [2.05, 4.69) is 33.2 Å². The Morgan fingerprint density at radius 1 is 0.333 bits per heavy atom. The number of pyridine rings is 3. The molecule has 7 aromatic rings. The van der Waals surface area contributed by atoms with Crippen LogP contribution < -0.4 is 0 Å². The van der Waals surface area contributed by atoms with Crippen molar-refractivity contribution in [2.24, 2.45) is 0 Å². The minimum absolute atomic E-state index is 0.486. The Morgan fingerprint density at radius 3 is 0.833 bits per heavy atom. The maximum atomic E-state index is 9.30. The Hall–Kier alpha value is -7.41. The second-order valence-corrected chi connectivity index (χ2v) is 10.7. The van der Waals surface area contributed by atoms with Gasteiger partial charge in [0.25, 0.3) is 0 Å². The van der Waals surface area contributed by atoms with Crippen LogP contribution in [0.5, 0.6) is 0 Å². The number of nitrogens with zero attached hydrogens (tertiary/aromatic N) is 9. The number of hydrogen-bond donors (Lipinski definition) is 0. The third-order valence-electron chi connectivity index (χ3n) is 7.62. The Bertz CT molecular complexity index is 2130. The molecule has 0 aliphatic rings. The van der Waals surface area contributed by atoms with Gasteiger partial charge in [0.1, 0.15) is 0 Å². The first-order valence-electron chi connectivity index (χ1n) is 14.8. The lowest BCUT2D eigenvalue weighted by atomic mass is 10.1. The van der Waals surface area contributed by atoms with Gasteiger partial charge in [0, 0.05) is 52.0 Å². The minimum Gasteiger partial charge on any atom is -0.256 e. The quantitative estimate of drug-likeness (QED) is 0.184. The molecule has 7 rings (SSSR count). The molecule has 0 atom stereocenters. The molecule has 3 aromatic carbocycles. The normalized spacial score (nSPS) is 10.4. The SMILES string of the molecule is N#Cc1ccnc(-c2ccc(-c3nc(-c4ccc(-c5cc(C#N)ccn5)cc4)nc(-c4ccc(-c5cc(C#N)ccn5)cc4)n3)cc2)c1. The van der Waals surface area contributed by atoms with Crippen molar-refractivity contribution in [3.63, 3.8) is 0 Å². The highest BCUT2D eigenvalue weighted by Crippen LogP contribution is 2.29. The first-order chi connectivity index (χ1) is 23.6. The van der Waals surface area contributed by atoms with E-state index in [0.29, 0.717) is 51.2 Å². The molecule has 0 fully saturated rings. The lowest BCUT2D eigenvalue weighted by Crippen LogP contribution is -2.00. The van der Waals surface area contributed by atoms with Crippen LogP contribution in [-0.2, 0) is 0 Å². The van der Waals surface area contributed by atoms with Gasteiger partial charge >= 0.3 is 0 Å². The van der Waals surface area contributed by atoms with Gasteiger partial charge in [-0.25, -0.2) is 15.0 Å². The Kier molecular flexibility index (Phi) is 7.88. The molecular weight excluding hydrogens is 594 g/mol. The summed E-state index contributed by atoms with van der Waals surface area (Å²) in [5, 5.41) is 27.9. The van der Waals surface area contributed by atoms with Gasteiger partial charge in [0.15, 0.2) is 17.5 Å². The van der Waals surface area contributed by atoms with Crippen LogP contribution in [0.3, 0.4) is 0 Å². The number of hydrogen-bond acceptors (Lipinski definition) is 9. The van der Waals surface area contributed by atoms with Crippen LogP contribution in [0.15, 0.2) is 128 Å². The van der Waals surface area contributed by atoms with Crippen LogP contribution >= 0.6 is 0 Å². The minimum atomic E-state index is 0.486. The molecular formula is C39H21N9. The molecule has 222 valence electrons. The largest absolute Gasteiger partial charge is 0.256 e. The van der Waals surface area contributed by atoms with Crippen LogP contribution in [0.4, 0.5) is 0 Å². The standard InChI is InChI=1S/C39H21N9/c40-22-25-13-16-43-34(19-25)28-1-7-31(8-2-28)37-46-38(32-9-3-29(4-10-32)35-20-26(23-41)14-17-44-35)48-39(47-37)33-11-5-30(6-12-33)36-21-27(24-42)15-18-45-36/h1-21H. The van der Waals surface area contributed by atoms with Gasteiger partial charge in [-0.3, -0.25) is 15.0 Å². The molecule has 0 bridgehead atoms. The average molecular weight is 616 g/mol. The highest BCUT2D eigenvalue weighted by atomic mass is 15.0. The van der Waals surface area contributed by atoms with E-state index in [-0.39, 0.29) is 0 Å². The first-order valence-corrected chi connectivity index (χ1v) is 14.8. The summed E-state index contributed by atoms with van der Waals surface area (Å²) in [6, 6.07) is 39.8. The second kappa shape index (κ2) is 12.9. The summed E-state index contributed by atoms with van der Waals surface area (Å²) in [5.74, 6) is 1.46. The highest BCUT2D eigenvalue weighted by molar-refractivity contribution is 5.72. The molecule has 9 heteroatoms. The molecule has 0 N–H and O–H groups in total. The first kappa shape index (κ1) is 29.3. The lowest BCUT2D eigenvalue weighted by Gasteiger charge is -2.10. The van der Waals surface area contributed by atoms with E-state index < -0.39 is 0 Å². The third kappa shape index (κ3) is 6.09. The van der Waals surface area contributed by atoms with Crippen LogP contribution in [0.1, 0.15) is 16.7 Å². The molecule has 4 aromatic heterocycles. The van der Waals surface area contributed by atoms with Gasteiger partial charge < -0.3 is 0 Å². The molecule has 0 amide bonds. The van der Waals surface area contributed by atoms with Crippen molar-refractivity contribution in [3.8, 4) is 86.1 Å². The predicted molar refractivity (Wildman–Crippen MR) is 180 cm³/mol. The van der Waals surface area contributed by atoms with Gasteiger partial charge in [-0.05, 0) is 36.4 Å². The van der Waals surface area contributed by atoms with Gasteiger partial charge in [0.05, 0.1) is 52.0 Å². The number of benzene rings is 3. The summed E-state index contributed by atoms with van der Waals surface area (Å²) in [4.78, 5) is 27.8. The average Bonchev–Trinajstić information content (AvgIpc) is 3.18. The molecule has 48 heavy (non-hydrogen) atoms. The van der Waals surface area contributed by atoms with Crippen molar-refractivity contribution in [1.82, 2.24) is 29.9 Å². The summed E-state index contributed by atoms with van der Waals surface area (Å²) in [6.07, 6.45) is 4.86.